The third-order valence-electron chi connectivity index (χ3n) is 3.16. The number of nitrogens with two attached hydrogens (primary N) is 1. The molecule has 0 fully saturated rings. The van der Waals surface area contributed by atoms with Crippen molar-refractivity contribution in [1.82, 2.24) is 0 Å². The number of thiophene rings is 1. The van der Waals surface area contributed by atoms with Crippen LogP contribution in [0.1, 0.15) is 32.6 Å². The molecule has 0 radical (unpaired) electrons. The van der Waals surface area contributed by atoms with Crippen LogP contribution in [0.3, 0.4) is 0 Å². The predicted molar refractivity (Wildman–Crippen MR) is 82.0 cm³/mol. The Kier molecular flexibility index (Phi) is 3.90. The summed E-state index contributed by atoms with van der Waals surface area (Å²) in [6.45, 7) is 6.00. The fourth-order valence-electron chi connectivity index (χ4n) is 1.99. The predicted octanol–water partition coefficient (Wildman–Crippen LogP) is 3.76. The molecule has 0 aliphatic rings. The van der Waals surface area contributed by atoms with Gasteiger partial charge in [0.25, 0.3) is 5.91 Å². The number of benzene rings is 1. The lowest BCUT2D eigenvalue weighted by Gasteiger charge is -2.12. The second-order valence-corrected chi connectivity index (χ2v) is 5.80. The molecule has 1 aromatic heterocycles. The lowest BCUT2D eigenvalue weighted by Crippen LogP contribution is -2.13. The summed E-state index contributed by atoms with van der Waals surface area (Å²) in [4.78, 5) is 13.9. The molecule has 0 bridgehead atoms. The number of rotatable bonds is 3. The summed E-state index contributed by atoms with van der Waals surface area (Å²) in [5.74, 6) is -0.0891. The fraction of sp³-hybridized carbons (Fsp3) is 0.267. The SMILES string of the molecule is CCc1cccc(C)c1NC(=O)c1cc(N)c(C)s1. The van der Waals surface area contributed by atoms with Gasteiger partial charge in [-0.25, -0.2) is 0 Å². The number of amides is 1. The summed E-state index contributed by atoms with van der Waals surface area (Å²) in [6, 6.07) is 7.79. The zero-order chi connectivity index (χ0) is 14.0. The van der Waals surface area contributed by atoms with Gasteiger partial charge in [-0.2, -0.15) is 0 Å². The first-order valence-electron chi connectivity index (χ1n) is 6.28. The fourth-order valence-corrected chi connectivity index (χ4v) is 2.82. The van der Waals surface area contributed by atoms with Crippen LogP contribution >= 0.6 is 11.3 Å². The number of hydrogen-bond donors (Lipinski definition) is 2. The largest absolute Gasteiger partial charge is 0.398 e. The molecule has 0 saturated heterocycles. The van der Waals surface area contributed by atoms with Crippen LogP contribution < -0.4 is 11.1 Å². The molecule has 0 aliphatic heterocycles. The van der Waals surface area contributed by atoms with E-state index in [4.69, 9.17) is 5.73 Å². The van der Waals surface area contributed by atoms with Gasteiger partial charge in [-0.1, -0.05) is 25.1 Å². The smallest absolute Gasteiger partial charge is 0.265 e. The van der Waals surface area contributed by atoms with Crippen LogP contribution in [0.25, 0.3) is 0 Å². The molecule has 0 unspecified atom stereocenters. The Morgan fingerprint density at radius 1 is 1.37 bits per heavy atom. The molecule has 3 nitrogen and oxygen atoms in total. The third-order valence-corrected chi connectivity index (χ3v) is 4.22. The molecular weight excluding hydrogens is 256 g/mol. The Morgan fingerprint density at radius 2 is 2.11 bits per heavy atom. The summed E-state index contributed by atoms with van der Waals surface area (Å²) < 4.78 is 0. The average Bonchev–Trinajstić information content (AvgIpc) is 2.72. The molecule has 0 aliphatic carbocycles. The highest BCUT2D eigenvalue weighted by Gasteiger charge is 2.13. The number of anilines is 2. The van der Waals surface area contributed by atoms with Crippen molar-refractivity contribution in [2.24, 2.45) is 0 Å². The monoisotopic (exact) mass is 274 g/mol. The van der Waals surface area contributed by atoms with Crippen LogP contribution in [0.15, 0.2) is 24.3 Å². The quantitative estimate of drug-likeness (QED) is 0.895. The Bertz CT molecular complexity index is 597. The van der Waals surface area contributed by atoms with Crippen molar-refractivity contribution in [2.45, 2.75) is 27.2 Å². The number of hydrogen-bond acceptors (Lipinski definition) is 3. The van der Waals surface area contributed by atoms with Gasteiger partial charge >= 0.3 is 0 Å². The molecule has 1 aromatic carbocycles. The second kappa shape index (κ2) is 5.45. The van der Waals surface area contributed by atoms with Gasteiger partial charge in [0.2, 0.25) is 0 Å². The van der Waals surface area contributed by atoms with Crippen molar-refractivity contribution in [3.05, 3.63) is 45.1 Å². The normalized spacial score (nSPS) is 10.5. The summed E-state index contributed by atoms with van der Waals surface area (Å²) in [6.07, 6.45) is 0.892. The van der Waals surface area contributed by atoms with Gasteiger partial charge < -0.3 is 11.1 Å². The number of nitrogen functional groups attached to an aromatic ring is 1. The van der Waals surface area contributed by atoms with Gasteiger partial charge in [-0.3, -0.25) is 4.79 Å². The molecule has 0 spiro atoms. The highest BCUT2D eigenvalue weighted by atomic mass is 32.1. The van der Waals surface area contributed by atoms with E-state index in [1.54, 1.807) is 6.07 Å². The van der Waals surface area contributed by atoms with Crippen LogP contribution in [0.2, 0.25) is 0 Å². The summed E-state index contributed by atoms with van der Waals surface area (Å²) >= 11 is 1.42. The molecule has 0 atom stereocenters. The van der Waals surface area contributed by atoms with Crippen LogP contribution in [0.4, 0.5) is 11.4 Å². The lowest BCUT2D eigenvalue weighted by atomic mass is 10.1. The van der Waals surface area contributed by atoms with Crippen molar-refractivity contribution in [2.75, 3.05) is 11.1 Å². The van der Waals surface area contributed by atoms with E-state index >= 15 is 0 Å². The molecule has 0 saturated carbocycles. The number of carbonyl (C=O) groups excluding carboxylic acids is 1. The van der Waals surface area contributed by atoms with Crippen molar-refractivity contribution < 1.29 is 4.79 Å². The molecule has 2 aromatic rings. The molecule has 19 heavy (non-hydrogen) atoms. The van der Waals surface area contributed by atoms with Gasteiger partial charge in [0.05, 0.1) is 4.88 Å². The Labute approximate surface area is 117 Å². The van der Waals surface area contributed by atoms with E-state index in [0.29, 0.717) is 10.6 Å². The standard InChI is InChI=1S/C15H18N2OS/c1-4-11-7-5-6-9(2)14(11)17-15(18)13-8-12(16)10(3)19-13/h5-8H,4,16H2,1-3H3,(H,17,18). The summed E-state index contributed by atoms with van der Waals surface area (Å²) in [7, 11) is 0. The number of aryl methyl sites for hydroxylation is 3. The van der Waals surface area contributed by atoms with Crippen molar-refractivity contribution in [3.8, 4) is 0 Å². The lowest BCUT2D eigenvalue weighted by molar-refractivity contribution is 0.103. The average molecular weight is 274 g/mol. The van der Waals surface area contributed by atoms with Crippen LogP contribution in [-0.4, -0.2) is 5.91 Å². The molecule has 2 rings (SSSR count). The van der Waals surface area contributed by atoms with Gasteiger partial charge in [0.15, 0.2) is 0 Å². The minimum absolute atomic E-state index is 0.0891. The Hall–Kier alpha value is -1.81. The first kappa shape index (κ1) is 13.6. The van der Waals surface area contributed by atoms with E-state index in [2.05, 4.69) is 12.2 Å². The Balaban J connectivity index is 2.28. The zero-order valence-electron chi connectivity index (χ0n) is 11.4. The summed E-state index contributed by atoms with van der Waals surface area (Å²) in [5, 5.41) is 3.00. The van der Waals surface area contributed by atoms with Gasteiger partial charge in [-0.05, 0) is 37.5 Å². The van der Waals surface area contributed by atoms with E-state index in [9.17, 15) is 4.79 Å². The number of para-hydroxylation sites is 1. The van der Waals surface area contributed by atoms with E-state index in [0.717, 1.165) is 28.1 Å². The minimum Gasteiger partial charge on any atom is -0.398 e. The first-order chi connectivity index (χ1) is 9.02. The molecule has 3 N–H and O–H groups in total. The number of carbonyl (C=O) groups is 1. The molecule has 1 amide bonds. The van der Waals surface area contributed by atoms with E-state index in [1.165, 1.54) is 11.3 Å². The molecule has 100 valence electrons. The van der Waals surface area contributed by atoms with Gasteiger partial charge in [0.1, 0.15) is 0 Å². The van der Waals surface area contributed by atoms with Gasteiger partial charge in [-0.15, -0.1) is 11.3 Å². The van der Waals surface area contributed by atoms with Crippen molar-refractivity contribution in [1.29, 1.82) is 0 Å². The van der Waals surface area contributed by atoms with E-state index in [1.807, 2.05) is 32.0 Å². The van der Waals surface area contributed by atoms with E-state index in [-0.39, 0.29) is 5.91 Å². The minimum atomic E-state index is -0.0891. The zero-order valence-corrected chi connectivity index (χ0v) is 12.2. The Morgan fingerprint density at radius 3 is 2.68 bits per heavy atom. The topological polar surface area (TPSA) is 55.1 Å². The van der Waals surface area contributed by atoms with Crippen LogP contribution in [-0.2, 0) is 6.42 Å². The second-order valence-electron chi connectivity index (χ2n) is 4.54. The highest BCUT2D eigenvalue weighted by Crippen LogP contribution is 2.26. The third kappa shape index (κ3) is 2.79. The number of nitrogens with one attached hydrogen (secondary N) is 1. The van der Waals surface area contributed by atoms with Crippen molar-refractivity contribution >= 4 is 28.6 Å². The molecule has 4 heteroatoms. The summed E-state index contributed by atoms with van der Waals surface area (Å²) in [5.41, 5.74) is 9.61. The maximum Gasteiger partial charge on any atom is 0.265 e. The molecule has 1 heterocycles. The van der Waals surface area contributed by atoms with Crippen molar-refractivity contribution in [3.63, 3.8) is 0 Å². The first-order valence-corrected chi connectivity index (χ1v) is 7.10. The van der Waals surface area contributed by atoms with Crippen LogP contribution in [0, 0.1) is 13.8 Å². The maximum atomic E-state index is 12.2. The maximum absolute atomic E-state index is 12.2. The van der Waals surface area contributed by atoms with Crippen LogP contribution in [0.5, 0.6) is 0 Å². The van der Waals surface area contributed by atoms with Gasteiger partial charge in [0, 0.05) is 16.3 Å². The van der Waals surface area contributed by atoms with E-state index < -0.39 is 0 Å². The highest BCUT2D eigenvalue weighted by molar-refractivity contribution is 7.14. The molecular formula is C15H18N2OS.